The highest BCUT2D eigenvalue weighted by molar-refractivity contribution is 7.92. The van der Waals surface area contributed by atoms with E-state index in [9.17, 15) is 34.8 Å². The first-order chi connectivity index (χ1) is 18.5. The maximum absolute atomic E-state index is 13.0. The Morgan fingerprint density at radius 3 is 2.08 bits per heavy atom. The summed E-state index contributed by atoms with van der Waals surface area (Å²) in [6.07, 6.45) is -6.76. The molecule has 4 heterocycles. The molecule has 0 spiro atoms. The summed E-state index contributed by atoms with van der Waals surface area (Å²) in [5.74, 6) is -4.74. The second-order valence-electron chi connectivity index (χ2n) is 8.54. The fraction of sp³-hybridized carbons (Fsp3) is 0.292. The standard InChI is InChI=1S/C20H18N2O3S.2C2HF3O2/c23-26(24)19-7-6-14(18-5-3-9-25-18)10-16(19)17-12-22(13-20(17)26)11-15-4-1-2-8-21-15;2*3-2(4,5)1(6)7/h1-10,17,20H,11-13H2;2*(H,6,7). The van der Waals surface area contributed by atoms with E-state index in [4.69, 9.17) is 24.2 Å². The Balaban J connectivity index is 0.000000263. The first kappa shape index (κ1) is 30.6. The van der Waals surface area contributed by atoms with Gasteiger partial charge in [0.1, 0.15) is 5.76 Å². The van der Waals surface area contributed by atoms with Gasteiger partial charge in [-0.1, -0.05) is 6.07 Å². The Morgan fingerprint density at radius 1 is 0.950 bits per heavy atom. The van der Waals surface area contributed by atoms with Gasteiger partial charge in [-0.05, 0) is 48.0 Å². The number of nitrogens with zero attached hydrogens (tertiary/aromatic N) is 2. The van der Waals surface area contributed by atoms with Crippen LogP contribution in [0.15, 0.2) is 70.3 Å². The van der Waals surface area contributed by atoms with E-state index < -0.39 is 34.1 Å². The van der Waals surface area contributed by atoms with Gasteiger partial charge in [0.2, 0.25) is 0 Å². The lowest BCUT2D eigenvalue weighted by Crippen LogP contribution is -2.26. The van der Waals surface area contributed by atoms with E-state index in [-0.39, 0.29) is 11.2 Å². The Kier molecular flexibility index (Phi) is 8.94. The van der Waals surface area contributed by atoms with Crippen LogP contribution < -0.4 is 0 Å². The second kappa shape index (κ2) is 11.7. The normalized spacial score (nSPS) is 19.4. The molecular formula is C24H20F6N2O7S. The number of fused-ring (bicyclic) bond motifs is 3. The number of pyridine rings is 1. The van der Waals surface area contributed by atoms with Crippen molar-refractivity contribution < 1.29 is 59.0 Å². The summed E-state index contributed by atoms with van der Waals surface area (Å²) in [5.41, 5.74) is 2.81. The average Bonchev–Trinajstić information content (AvgIpc) is 3.58. The van der Waals surface area contributed by atoms with E-state index in [1.165, 1.54) is 0 Å². The van der Waals surface area contributed by atoms with E-state index in [0.29, 0.717) is 18.0 Å². The third kappa shape index (κ3) is 7.18. The lowest BCUT2D eigenvalue weighted by atomic mass is 9.96. The van der Waals surface area contributed by atoms with Crippen LogP contribution in [-0.2, 0) is 26.0 Å². The maximum atomic E-state index is 13.0. The van der Waals surface area contributed by atoms with Gasteiger partial charge in [0.05, 0.1) is 22.1 Å². The summed E-state index contributed by atoms with van der Waals surface area (Å²) in [6.45, 7) is 1.96. The first-order valence-electron chi connectivity index (χ1n) is 11.2. The molecule has 0 radical (unpaired) electrons. The minimum absolute atomic E-state index is 0.00799. The van der Waals surface area contributed by atoms with Crippen molar-refractivity contribution >= 4 is 21.8 Å². The van der Waals surface area contributed by atoms with Gasteiger partial charge in [0.15, 0.2) is 9.84 Å². The highest BCUT2D eigenvalue weighted by Crippen LogP contribution is 2.46. The predicted molar refractivity (Wildman–Crippen MR) is 125 cm³/mol. The van der Waals surface area contributed by atoms with Gasteiger partial charge in [0.25, 0.3) is 0 Å². The van der Waals surface area contributed by atoms with Gasteiger partial charge >= 0.3 is 24.3 Å². The number of carbonyl (C=O) groups is 2. The highest BCUT2D eigenvalue weighted by atomic mass is 32.2. The molecule has 40 heavy (non-hydrogen) atoms. The van der Waals surface area contributed by atoms with Crippen molar-refractivity contribution in [2.24, 2.45) is 0 Å². The molecule has 9 nitrogen and oxygen atoms in total. The molecule has 216 valence electrons. The summed E-state index contributed by atoms with van der Waals surface area (Å²) >= 11 is 0. The maximum Gasteiger partial charge on any atom is 0.490 e. The third-order valence-electron chi connectivity index (χ3n) is 5.86. The van der Waals surface area contributed by atoms with E-state index in [0.717, 1.165) is 29.1 Å². The minimum atomic E-state index is -5.08. The van der Waals surface area contributed by atoms with E-state index in [2.05, 4.69) is 9.88 Å². The molecule has 0 aliphatic carbocycles. The molecule has 2 aromatic heterocycles. The molecule has 2 atom stereocenters. The molecule has 1 aromatic carbocycles. The molecule has 0 saturated carbocycles. The number of halogens is 6. The number of benzene rings is 1. The fourth-order valence-electron chi connectivity index (χ4n) is 4.17. The van der Waals surface area contributed by atoms with Gasteiger partial charge in [-0.2, -0.15) is 26.3 Å². The van der Waals surface area contributed by atoms with E-state index in [1.807, 2.05) is 42.5 Å². The lowest BCUT2D eigenvalue weighted by Gasteiger charge is -2.16. The van der Waals surface area contributed by atoms with Gasteiger partial charge in [-0.15, -0.1) is 0 Å². The van der Waals surface area contributed by atoms with E-state index in [1.54, 1.807) is 18.5 Å². The van der Waals surface area contributed by atoms with E-state index >= 15 is 0 Å². The molecule has 2 N–H and O–H groups in total. The quantitative estimate of drug-likeness (QED) is 0.424. The number of rotatable bonds is 3. The zero-order chi connectivity index (χ0) is 29.9. The second-order valence-corrected chi connectivity index (χ2v) is 10.7. The van der Waals surface area contributed by atoms with Crippen LogP contribution in [0.25, 0.3) is 11.3 Å². The van der Waals surface area contributed by atoms with Crippen molar-refractivity contribution in [2.75, 3.05) is 13.1 Å². The summed E-state index contributed by atoms with van der Waals surface area (Å²) in [4.78, 5) is 24.8. The van der Waals surface area contributed by atoms with Crippen molar-refractivity contribution in [3.63, 3.8) is 0 Å². The molecule has 2 aliphatic heterocycles. The number of hydrogen-bond acceptors (Lipinski definition) is 7. The zero-order valence-corrected chi connectivity index (χ0v) is 20.9. The number of hydrogen-bond donors (Lipinski definition) is 2. The zero-order valence-electron chi connectivity index (χ0n) is 20.1. The number of likely N-dealkylation sites (tertiary alicyclic amines) is 1. The van der Waals surface area contributed by atoms with Crippen molar-refractivity contribution in [3.05, 3.63) is 72.2 Å². The highest BCUT2D eigenvalue weighted by Gasteiger charge is 2.50. The largest absolute Gasteiger partial charge is 0.490 e. The van der Waals surface area contributed by atoms with Gasteiger partial charge in [0, 0.05) is 37.3 Å². The first-order valence-corrected chi connectivity index (χ1v) is 12.7. The molecular weight excluding hydrogens is 574 g/mol. The summed E-state index contributed by atoms with van der Waals surface area (Å²) in [6, 6.07) is 15.1. The lowest BCUT2D eigenvalue weighted by molar-refractivity contribution is -0.193. The molecule has 2 aliphatic rings. The van der Waals surface area contributed by atoms with Crippen LogP contribution in [0, 0.1) is 0 Å². The molecule has 0 amide bonds. The molecule has 1 saturated heterocycles. The molecule has 3 aromatic rings. The van der Waals surface area contributed by atoms with Crippen LogP contribution in [0.1, 0.15) is 17.2 Å². The molecule has 16 heteroatoms. The van der Waals surface area contributed by atoms with Crippen LogP contribution in [-0.4, -0.2) is 71.1 Å². The van der Waals surface area contributed by atoms with Crippen molar-refractivity contribution in [1.29, 1.82) is 0 Å². The topological polar surface area (TPSA) is 138 Å². The third-order valence-corrected chi connectivity index (χ3v) is 8.12. The van der Waals surface area contributed by atoms with Gasteiger partial charge in [-0.3, -0.25) is 9.88 Å². The number of furan rings is 1. The van der Waals surface area contributed by atoms with Crippen LogP contribution >= 0.6 is 0 Å². The number of carboxylic acid groups (broad SMARTS) is 2. The monoisotopic (exact) mass is 594 g/mol. The number of carboxylic acids is 2. The van der Waals surface area contributed by atoms with Crippen LogP contribution in [0.5, 0.6) is 0 Å². The van der Waals surface area contributed by atoms with Gasteiger partial charge < -0.3 is 14.6 Å². The Hall–Kier alpha value is -3.92. The van der Waals surface area contributed by atoms with Crippen molar-refractivity contribution in [2.45, 2.75) is 35.0 Å². The number of aromatic nitrogens is 1. The Morgan fingerprint density at radius 2 is 1.57 bits per heavy atom. The number of aliphatic carboxylic acids is 2. The molecule has 5 rings (SSSR count). The fourth-order valence-corrected chi connectivity index (χ4v) is 6.37. The minimum Gasteiger partial charge on any atom is -0.475 e. The van der Waals surface area contributed by atoms with Crippen LogP contribution in [0.2, 0.25) is 0 Å². The van der Waals surface area contributed by atoms with Crippen LogP contribution in [0.4, 0.5) is 26.3 Å². The average molecular weight is 594 g/mol. The Bertz CT molecular complexity index is 1420. The Labute approximate surface area is 222 Å². The number of alkyl halides is 6. The number of sulfone groups is 1. The summed E-state index contributed by atoms with van der Waals surface area (Å²) in [7, 11) is -3.29. The van der Waals surface area contributed by atoms with Crippen molar-refractivity contribution in [3.8, 4) is 11.3 Å². The van der Waals surface area contributed by atoms with Gasteiger partial charge in [-0.25, -0.2) is 18.0 Å². The van der Waals surface area contributed by atoms with Crippen LogP contribution in [0.3, 0.4) is 0 Å². The smallest absolute Gasteiger partial charge is 0.475 e. The molecule has 0 bridgehead atoms. The predicted octanol–water partition coefficient (Wildman–Crippen LogP) is 4.36. The summed E-state index contributed by atoms with van der Waals surface area (Å²) in [5, 5.41) is 13.9. The molecule has 2 unspecified atom stereocenters. The SMILES string of the molecule is O=C(O)C(F)(F)F.O=C(O)C(F)(F)F.O=S1(=O)c2ccc(-c3ccco3)cc2C2CN(Cc3ccccn3)CC21. The van der Waals surface area contributed by atoms with Crippen molar-refractivity contribution in [1.82, 2.24) is 9.88 Å². The molecule has 1 fully saturated rings. The summed E-state index contributed by atoms with van der Waals surface area (Å²) < 4.78 is 94.9.